The Hall–Kier alpha value is -2.87. The van der Waals surface area contributed by atoms with Crippen LogP contribution in [0.25, 0.3) is 10.2 Å². The number of thiophene rings is 1. The number of hydrogen-bond acceptors (Lipinski definition) is 7. The van der Waals surface area contributed by atoms with E-state index in [1.807, 2.05) is 29.2 Å². The quantitative estimate of drug-likeness (QED) is 0.497. The Morgan fingerprint density at radius 3 is 2.55 bits per heavy atom. The molecule has 1 fully saturated rings. The third kappa shape index (κ3) is 5.07. The largest absolute Gasteiger partial charge is 0.497 e. The van der Waals surface area contributed by atoms with E-state index in [1.54, 1.807) is 24.8 Å². The number of aryl methyl sites for hydroxylation is 1. The molecule has 1 saturated heterocycles. The average Bonchev–Trinajstić information content (AvgIpc) is 3.26. The molecule has 164 valence electrons. The molecule has 0 N–H and O–H groups in total. The van der Waals surface area contributed by atoms with Crippen LogP contribution >= 0.6 is 11.3 Å². The number of benzene rings is 1. The molecule has 0 radical (unpaired) electrons. The maximum atomic E-state index is 12.6. The summed E-state index contributed by atoms with van der Waals surface area (Å²) >= 11 is 1.73. The van der Waals surface area contributed by atoms with Gasteiger partial charge in [-0.15, -0.1) is 11.3 Å². The normalized spacial score (nSPS) is 14.1. The molecule has 3 aromatic rings. The molecule has 3 heterocycles. The molecule has 0 atom stereocenters. The van der Waals surface area contributed by atoms with Crippen LogP contribution in [0.5, 0.6) is 11.5 Å². The van der Waals surface area contributed by atoms with Crippen molar-refractivity contribution < 1.29 is 14.3 Å². The predicted molar refractivity (Wildman–Crippen MR) is 123 cm³/mol. The van der Waals surface area contributed by atoms with Crippen LogP contribution in [0.15, 0.2) is 36.7 Å². The lowest BCUT2D eigenvalue weighted by Gasteiger charge is -2.35. The minimum atomic E-state index is 0.189. The van der Waals surface area contributed by atoms with Gasteiger partial charge in [-0.25, -0.2) is 9.97 Å². The molecule has 1 amide bonds. The van der Waals surface area contributed by atoms with E-state index in [4.69, 9.17) is 9.47 Å². The second-order valence-corrected chi connectivity index (χ2v) is 8.59. The SMILES string of the molecule is CCc1cc2c(N3CCN(C(=O)CCCOc4ccc(OC)cc4)CC3)ncnc2s1. The molecule has 31 heavy (non-hydrogen) atoms. The molecule has 8 heteroatoms. The van der Waals surface area contributed by atoms with Crippen molar-refractivity contribution in [2.45, 2.75) is 26.2 Å². The zero-order chi connectivity index (χ0) is 21.6. The Bertz CT molecular complexity index is 1010. The van der Waals surface area contributed by atoms with Gasteiger partial charge in [0.25, 0.3) is 0 Å². The predicted octanol–water partition coefficient (Wildman–Crippen LogP) is 3.77. The molecule has 1 aliphatic heterocycles. The number of fused-ring (bicyclic) bond motifs is 1. The highest BCUT2D eigenvalue weighted by Crippen LogP contribution is 2.31. The van der Waals surface area contributed by atoms with Gasteiger partial charge in [-0.05, 0) is 43.2 Å². The number of carbonyl (C=O) groups excluding carboxylic acids is 1. The van der Waals surface area contributed by atoms with Crippen molar-refractivity contribution in [3.8, 4) is 11.5 Å². The van der Waals surface area contributed by atoms with Crippen molar-refractivity contribution >= 4 is 33.3 Å². The Morgan fingerprint density at radius 1 is 1.10 bits per heavy atom. The number of carbonyl (C=O) groups is 1. The molecule has 2 aromatic heterocycles. The van der Waals surface area contributed by atoms with Gasteiger partial charge in [-0.3, -0.25) is 4.79 Å². The second kappa shape index (κ2) is 9.96. The fourth-order valence-corrected chi connectivity index (χ4v) is 4.66. The molecular formula is C23H28N4O3S. The fourth-order valence-electron chi connectivity index (χ4n) is 3.73. The topological polar surface area (TPSA) is 67.8 Å². The van der Waals surface area contributed by atoms with Gasteiger partial charge in [-0.2, -0.15) is 0 Å². The Labute approximate surface area is 186 Å². The number of nitrogens with zero attached hydrogens (tertiary/aromatic N) is 4. The summed E-state index contributed by atoms with van der Waals surface area (Å²) < 4.78 is 10.9. The van der Waals surface area contributed by atoms with E-state index < -0.39 is 0 Å². The number of piperazine rings is 1. The van der Waals surface area contributed by atoms with Crippen LogP contribution in [-0.4, -0.2) is 60.7 Å². The second-order valence-electron chi connectivity index (χ2n) is 7.48. The van der Waals surface area contributed by atoms with E-state index >= 15 is 0 Å². The van der Waals surface area contributed by atoms with Crippen LogP contribution < -0.4 is 14.4 Å². The van der Waals surface area contributed by atoms with Crippen molar-refractivity contribution in [2.24, 2.45) is 0 Å². The van der Waals surface area contributed by atoms with Crippen LogP contribution in [0, 0.1) is 0 Å². The summed E-state index contributed by atoms with van der Waals surface area (Å²) in [5.41, 5.74) is 0. The first kappa shape index (κ1) is 21.4. The van der Waals surface area contributed by atoms with Crippen LogP contribution in [0.3, 0.4) is 0 Å². The highest BCUT2D eigenvalue weighted by atomic mass is 32.1. The first-order chi connectivity index (χ1) is 15.2. The third-order valence-corrected chi connectivity index (χ3v) is 6.69. The van der Waals surface area contributed by atoms with E-state index in [9.17, 15) is 4.79 Å². The number of amides is 1. The van der Waals surface area contributed by atoms with Gasteiger partial charge in [0.15, 0.2) is 0 Å². The smallest absolute Gasteiger partial charge is 0.222 e. The van der Waals surface area contributed by atoms with Crippen LogP contribution in [-0.2, 0) is 11.2 Å². The van der Waals surface area contributed by atoms with Gasteiger partial charge in [0.05, 0.1) is 19.1 Å². The summed E-state index contributed by atoms with van der Waals surface area (Å²) in [6.07, 6.45) is 3.85. The maximum Gasteiger partial charge on any atom is 0.222 e. The molecule has 0 bridgehead atoms. The number of anilines is 1. The van der Waals surface area contributed by atoms with Gasteiger partial charge in [0, 0.05) is 37.5 Å². The molecule has 1 aliphatic rings. The summed E-state index contributed by atoms with van der Waals surface area (Å²) in [6.45, 7) is 5.69. The van der Waals surface area contributed by atoms with Crippen molar-refractivity contribution in [3.05, 3.63) is 41.5 Å². The standard InChI is InChI=1S/C23H28N4O3S/c1-3-19-15-20-22(24-16-25-23(20)31-19)27-12-10-26(11-13-27)21(28)5-4-14-30-18-8-6-17(29-2)7-9-18/h6-9,15-16H,3-5,10-14H2,1-2H3. The number of aromatic nitrogens is 2. The first-order valence-electron chi connectivity index (χ1n) is 10.7. The maximum absolute atomic E-state index is 12.6. The third-order valence-electron chi connectivity index (χ3n) is 5.50. The Kier molecular flexibility index (Phi) is 6.86. The van der Waals surface area contributed by atoms with Crippen molar-refractivity contribution in [1.29, 1.82) is 0 Å². The van der Waals surface area contributed by atoms with Gasteiger partial charge in [-0.1, -0.05) is 6.92 Å². The van der Waals surface area contributed by atoms with Crippen LogP contribution in [0.2, 0.25) is 0 Å². The summed E-state index contributed by atoms with van der Waals surface area (Å²) in [5, 5.41) is 1.12. The van der Waals surface area contributed by atoms with Crippen molar-refractivity contribution in [2.75, 3.05) is 44.8 Å². The molecular weight excluding hydrogens is 412 g/mol. The minimum Gasteiger partial charge on any atom is -0.497 e. The zero-order valence-corrected chi connectivity index (χ0v) is 18.9. The number of methoxy groups -OCH3 is 1. The lowest BCUT2D eigenvalue weighted by atomic mass is 10.2. The monoisotopic (exact) mass is 440 g/mol. The Morgan fingerprint density at radius 2 is 1.84 bits per heavy atom. The number of hydrogen-bond donors (Lipinski definition) is 0. The van der Waals surface area contributed by atoms with Gasteiger partial charge in [0.1, 0.15) is 28.5 Å². The molecule has 0 aliphatic carbocycles. The first-order valence-corrected chi connectivity index (χ1v) is 11.5. The summed E-state index contributed by atoms with van der Waals surface area (Å²) in [5.74, 6) is 2.77. The lowest BCUT2D eigenvalue weighted by Crippen LogP contribution is -2.49. The van der Waals surface area contributed by atoms with Crippen molar-refractivity contribution in [1.82, 2.24) is 14.9 Å². The molecule has 1 aromatic carbocycles. The average molecular weight is 441 g/mol. The van der Waals surface area contributed by atoms with E-state index in [2.05, 4.69) is 27.9 Å². The van der Waals surface area contributed by atoms with Crippen molar-refractivity contribution in [3.63, 3.8) is 0 Å². The number of ether oxygens (including phenoxy) is 2. The molecule has 0 spiro atoms. The molecule has 4 rings (SSSR count). The van der Waals surface area contributed by atoms with Crippen LogP contribution in [0.4, 0.5) is 5.82 Å². The molecule has 0 saturated carbocycles. The van der Waals surface area contributed by atoms with Gasteiger partial charge < -0.3 is 19.3 Å². The summed E-state index contributed by atoms with van der Waals surface area (Å²) in [4.78, 5) is 28.1. The number of rotatable bonds is 8. The summed E-state index contributed by atoms with van der Waals surface area (Å²) in [7, 11) is 1.64. The molecule has 0 unspecified atom stereocenters. The van der Waals surface area contributed by atoms with E-state index in [0.717, 1.165) is 47.0 Å². The van der Waals surface area contributed by atoms with E-state index in [-0.39, 0.29) is 5.91 Å². The lowest BCUT2D eigenvalue weighted by molar-refractivity contribution is -0.131. The summed E-state index contributed by atoms with van der Waals surface area (Å²) in [6, 6.07) is 9.69. The van der Waals surface area contributed by atoms with Gasteiger partial charge in [0.2, 0.25) is 5.91 Å². The van der Waals surface area contributed by atoms with Gasteiger partial charge >= 0.3 is 0 Å². The fraction of sp³-hybridized carbons (Fsp3) is 0.435. The minimum absolute atomic E-state index is 0.189. The highest BCUT2D eigenvalue weighted by molar-refractivity contribution is 7.18. The van der Waals surface area contributed by atoms with E-state index in [1.165, 1.54) is 4.88 Å². The molecule has 7 nitrogen and oxygen atoms in total. The van der Waals surface area contributed by atoms with Crippen LogP contribution in [0.1, 0.15) is 24.6 Å². The van der Waals surface area contributed by atoms with E-state index in [0.29, 0.717) is 32.5 Å². The Balaban J connectivity index is 1.24. The zero-order valence-electron chi connectivity index (χ0n) is 18.0. The highest BCUT2D eigenvalue weighted by Gasteiger charge is 2.23.